The Morgan fingerprint density at radius 2 is 1.06 bits per heavy atom. The average Bonchev–Trinajstić information content (AvgIpc) is 3.26. The summed E-state index contributed by atoms with van der Waals surface area (Å²) in [5.74, 6) is 0. The molecule has 0 unspecified atom stereocenters. The molecule has 0 aliphatic carbocycles. The minimum absolute atomic E-state index is 0.175. The summed E-state index contributed by atoms with van der Waals surface area (Å²) in [4.78, 5) is 0. The lowest BCUT2D eigenvalue weighted by molar-refractivity contribution is 0.00578. The molecule has 0 N–H and O–H groups in total. The number of hydrogen-bond donors (Lipinski definition) is 0. The van der Waals surface area contributed by atoms with Gasteiger partial charge in [0.1, 0.15) is 54.9 Å². The maximum atomic E-state index is 6.83. The van der Waals surface area contributed by atoms with Crippen LogP contribution in [-0.2, 0) is 9.31 Å². The van der Waals surface area contributed by atoms with E-state index >= 15 is 0 Å². The van der Waals surface area contributed by atoms with Crippen molar-refractivity contribution >= 4 is 128 Å². The summed E-state index contributed by atoms with van der Waals surface area (Å²) in [7, 11) is 44.9. The van der Waals surface area contributed by atoms with Crippen LogP contribution in [0.25, 0.3) is 27.5 Å². The second-order valence-corrected chi connectivity index (χ2v) is 10.0. The third-order valence-corrected chi connectivity index (χ3v) is 7.46. The fourth-order valence-electron chi connectivity index (χ4n) is 4.76. The van der Waals surface area contributed by atoms with E-state index in [9.17, 15) is 0 Å². The molecule has 1 fully saturated rings. The Kier molecular flexibility index (Phi) is 5.58. The Bertz CT molecular complexity index is 1510. The van der Waals surface area contributed by atoms with E-state index in [1.807, 2.05) is 62.6 Å². The van der Waals surface area contributed by atoms with Crippen molar-refractivity contribution in [1.82, 2.24) is 4.57 Å². The number of nitrogens with zero attached hydrogens (tertiary/aromatic N) is 1. The number of benzene rings is 3. The predicted molar refractivity (Wildman–Crippen MR) is 154 cm³/mol. The molecule has 1 aromatic heterocycles. The second kappa shape index (κ2) is 7.95. The van der Waals surface area contributed by atoms with Gasteiger partial charge in [0, 0.05) is 16.7 Å². The first-order valence-electron chi connectivity index (χ1n) is 11.3. The molecule has 0 atom stereocenters. The highest BCUT2D eigenvalue weighted by Gasteiger charge is 2.52. The maximum absolute atomic E-state index is 6.83. The third-order valence-electron chi connectivity index (χ3n) is 7.46. The Morgan fingerprint density at radius 1 is 0.600 bits per heavy atom. The van der Waals surface area contributed by atoms with Crippen LogP contribution >= 0.6 is 0 Å². The van der Waals surface area contributed by atoms with Crippen molar-refractivity contribution < 1.29 is 9.31 Å². The topological polar surface area (TPSA) is 23.4 Å². The van der Waals surface area contributed by atoms with Gasteiger partial charge in [-0.3, -0.25) is 0 Å². The zero-order valence-electron chi connectivity index (χ0n) is 20.3. The van der Waals surface area contributed by atoms with Crippen LogP contribution in [0.2, 0.25) is 0 Å². The van der Waals surface area contributed by atoms with E-state index in [1.165, 1.54) is 0 Å². The molecule has 0 bridgehead atoms. The van der Waals surface area contributed by atoms with Gasteiger partial charge in [-0.2, -0.15) is 0 Å². The van der Waals surface area contributed by atoms with Crippen LogP contribution in [0.1, 0.15) is 27.7 Å². The summed E-state index contributed by atoms with van der Waals surface area (Å²) in [5.41, 5.74) is 2.82. The van der Waals surface area contributed by atoms with Gasteiger partial charge in [0.05, 0.1) is 11.2 Å². The third kappa shape index (κ3) is 3.30. The Labute approximate surface area is 216 Å². The molecule has 1 saturated heterocycles. The van der Waals surface area contributed by atoms with Crippen LogP contribution in [0.4, 0.5) is 0 Å². The average molecular weight is 438 g/mol. The van der Waals surface area contributed by atoms with Gasteiger partial charge in [0.15, 0.2) is 0 Å². The molecular weight excluding hydrogens is 421 g/mol. The van der Waals surface area contributed by atoms with Gasteiger partial charge in [-0.1, -0.05) is 40.1 Å². The highest BCUT2D eigenvalue weighted by Crippen LogP contribution is 2.36. The maximum Gasteiger partial charge on any atom is 0.493 e. The van der Waals surface area contributed by atoms with E-state index in [2.05, 4.69) is 0 Å². The lowest BCUT2D eigenvalue weighted by Crippen LogP contribution is -2.57. The highest BCUT2D eigenvalue weighted by atomic mass is 16.7. The van der Waals surface area contributed by atoms with Crippen LogP contribution in [0.3, 0.4) is 0 Å². The molecule has 1 aliphatic rings. The fourth-order valence-corrected chi connectivity index (χ4v) is 4.76. The summed E-state index contributed by atoms with van der Waals surface area (Å²) in [6, 6.07) is 9.53. The van der Waals surface area contributed by atoms with Crippen molar-refractivity contribution in [3.8, 4) is 5.69 Å². The van der Waals surface area contributed by atoms with Crippen molar-refractivity contribution in [2.24, 2.45) is 0 Å². The minimum atomic E-state index is -0.841. The molecule has 154 valence electrons. The molecule has 4 aromatic rings. The van der Waals surface area contributed by atoms with Gasteiger partial charge in [-0.25, -0.2) is 0 Å². The van der Waals surface area contributed by atoms with E-state index in [-0.39, 0.29) is 32.8 Å². The molecule has 0 amide bonds. The Hall–Kier alpha value is -2.10. The van der Waals surface area contributed by atoms with Gasteiger partial charge in [-0.15, -0.1) is 16.4 Å². The summed E-state index contributed by atoms with van der Waals surface area (Å²) >= 11 is 0. The summed E-state index contributed by atoms with van der Waals surface area (Å²) < 4.78 is 14.4. The Morgan fingerprint density at radius 3 is 1.60 bits per heavy atom. The molecule has 35 heavy (non-hydrogen) atoms. The molecule has 14 radical (unpaired) electrons. The van der Waals surface area contributed by atoms with Gasteiger partial charge in [0.2, 0.25) is 0 Å². The van der Waals surface area contributed by atoms with Crippen LogP contribution < -0.4 is 43.7 Å². The second-order valence-electron chi connectivity index (χ2n) is 10.0. The van der Waals surface area contributed by atoms with Gasteiger partial charge < -0.3 is 13.9 Å². The quantitative estimate of drug-likeness (QED) is 0.306. The van der Waals surface area contributed by atoms with E-state index < -0.39 is 18.3 Å². The molecular formula is C24H17B8NO2. The molecule has 3 aromatic carbocycles. The van der Waals surface area contributed by atoms with Crippen molar-refractivity contribution in [1.29, 1.82) is 0 Å². The first-order valence-corrected chi connectivity index (χ1v) is 11.3. The number of hydrogen-bond acceptors (Lipinski definition) is 2. The normalized spacial score (nSPS) is 17.0. The first-order chi connectivity index (χ1) is 16.3. The van der Waals surface area contributed by atoms with Crippen LogP contribution in [0.15, 0.2) is 30.3 Å². The Balaban J connectivity index is 1.99. The summed E-state index contributed by atoms with van der Waals surface area (Å²) in [6.07, 6.45) is 0. The smallest absolute Gasteiger partial charge is 0.399 e. The number of fused-ring (bicyclic) bond motifs is 3. The summed E-state index contributed by atoms with van der Waals surface area (Å²) in [5, 5.41) is 1.09. The monoisotopic (exact) mass is 439 g/mol. The van der Waals surface area contributed by atoms with Crippen molar-refractivity contribution in [2.45, 2.75) is 38.9 Å². The molecule has 1 aliphatic heterocycles. The lowest BCUT2D eigenvalue weighted by Gasteiger charge is -2.32. The van der Waals surface area contributed by atoms with E-state index in [0.29, 0.717) is 32.7 Å². The van der Waals surface area contributed by atoms with Gasteiger partial charge in [0.25, 0.3) is 0 Å². The van der Waals surface area contributed by atoms with E-state index in [4.69, 9.17) is 64.2 Å². The zero-order chi connectivity index (χ0) is 25.6. The van der Waals surface area contributed by atoms with Crippen molar-refractivity contribution in [2.75, 3.05) is 0 Å². The summed E-state index contributed by atoms with van der Waals surface area (Å²) in [6.45, 7) is 7.80. The lowest BCUT2D eigenvalue weighted by atomic mass is 9.59. The number of aromatic nitrogens is 1. The SMILES string of the molecule is [B]c1c([B])c([B])c2c(c1[B])c1c([B])c(B3OC(C)(C)C(C)(C)O3)c([B])c([B])c1n2-c1ccccc1. The molecule has 3 nitrogen and oxygen atoms in total. The first kappa shape index (κ1) is 24.6. The molecule has 0 spiro atoms. The van der Waals surface area contributed by atoms with Crippen LogP contribution in [-0.4, -0.2) is 77.8 Å². The van der Waals surface area contributed by atoms with Crippen LogP contribution in [0, 0.1) is 0 Å². The van der Waals surface area contributed by atoms with Crippen LogP contribution in [0.5, 0.6) is 0 Å². The molecule has 11 heteroatoms. The number of rotatable bonds is 2. The van der Waals surface area contributed by atoms with Crippen molar-refractivity contribution in [3.05, 3.63) is 30.3 Å². The minimum Gasteiger partial charge on any atom is -0.399 e. The molecule has 5 rings (SSSR count). The van der Waals surface area contributed by atoms with E-state index in [0.717, 1.165) is 5.69 Å². The predicted octanol–water partition coefficient (Wildman–Crippen LogP) is -3.36. The fraction of sp³-hybridized carbons (Fsp3) is 0.250. The molecule has 2 heterocycles. The van der Waals surface area contributed by atoms with Gasteiger partial charge in [-0.05, 0) is 56.1 Å². The highest BCUT2D eigenvalue weighted by molar-refractivity contribution is 6.78. The zero-order valence-corrected chi connectivity index (χ0v) is 20.3. The number of para-hydroxylation sites is 1. The molecule has 0 saturated carbocycles. The van der Waals surface area contributed by atoms with Crippen molar-refractivity contribution in [3.63, 3.8) is 0 Å². The standard InChI is InChI=1S/C24H17B8NO2/c1-23(2)24(3,4)35-32(34-23)20-14(26)12-11-13(25)15(27)16(28)18(30)21(11)33(10-8-6-5-7-9-10)22(12)19(31)17(20)29/h5-9H,1-4H3. The largest absolute Gasteiger partial charge is 0.493 e. The van der Waals surface area contributed by atoms with Gasteiger partial charge >= 0.3 is 7.12 Å². The van der Waals surface area contributed by atoms with E-state index in [1.54, 1.807) is 0 Å².